The van der Waals surface area contributed by atoms with Crippen LogP contribution in [0.25, 0.3) is 0 Å². The molecule has 0 saturated heterocycles. The lowest BCUT2D eigenvalue weighted by Crippen LogP contribution is -2.53. The van der Waals surface area contributed by atoms with E-state index in [0.717, 1.165) is 6.07 Å². The second kappa shape index (κ2) is 12.0. The Kier molecular flexibility index (Phi) is 9.20. The van der Waals surface area contributed by atoms with E-state index in [9.17, 15) is 28.8 Å². The first kappa shape index (κ1) is 28.5. The number of carboxylic acid groups (broad SMARTS) is 1. The molecule has 1 aliphatic carbocycles. The first-order valence-electron chi connectivity index (χ1n) is 12.2. The fourth-order valence-corrected chi connectivity index (χ4v) is 6.18. The molecule has 1 fully saturated rings. The molecule has 1 unspecified atom stereocenters. The number of phenols is 1. The minimum Gasteiger partial charge on any atom is -0.507 e. The summed E-state index contributed by atoms with van der Waals surface area (Å²) in [4.78, 5) is 32.9. The van der Waals surface area contributed by atoms with Gasteiger partial charge in [0.15, 0.2) is 11.6 Å². The van der Waals surface area contributed by atoms with Gasteiger partial charge in [0, 0.05) is 24.0 Å². The van der Waals surface area contributed by atoms with Gasteiger partial charge in [0.2, 0.25) is 4.93 Å². The molecule has 3 atom stereocenters. The molecule has 0 heterocycles. The number of aliphatic hydroxyl groups is 1. The van der Waals surface area contributed by atoms with E-state index in [1.54, 1.807) is 0 Å². The van der Waals surface area contributed by atoms with Gasteiger partial charge in [-0.1, -0.05) is 19.8 Å². The number of aliphatic hydroxyl groups excluding tert-OH is 1. The van der Waals surface area contributed by atoms with E-state index in [-0.39, 0.29) is 52.6 Å². The number of ketones is 2. The summed E-state index contributed by atoms with van der Waals surface area (Å²) < 4.78 is 35.3. The smallest absolute Gasteiger partial charge is 0.303 e. The van der Waals surface area contributed by atoms with Crippen molar-refractivity contribution in [3.63, 3.8) is 0 Å². The molecule has 3 N–H and O–H groups in total. The molecular formula is C27H31FO8S. The van der Waals surface area contributed by atoms with Crippen LogP contribution in [-0.4, -0.2) is 48.1 Å². The maximum Gasteiger partial charge on any atom is 0.303 e. The third-order valence-electron chi connectivity index (χ3n) is 6.50. The average molecular weight is 535 g/mol. The van der Waals surface area contributed by atoms with Crippen LogP contribution in [0.2, 0.25) is 0 Å². The predicted molar refractivity (Wildman–Crippen MR) is 134 cm³/mol. The minimum atomic E-state index is -2.24. The number of halogens is 1. The Morgan fingerprint density at radius 1 is 1.16 bits per heavy atom. The summed E-state index contributed by atoms with van der Waals surface area (Å²) in [6.45, 7) is 3.20. The summed E-state index contributed by atoms with van der Waals surface area (Å²) in [5.41, 5.74) is 0.405. The first-order chi connectivity index (χ1) is 17.5. The minimum absolute atomic E-state index is 0.0476. The van der Waals surface area contributed by atoms with Gasteiger partial charge in [-0.15, -0.1) is 0 Å². The summed E-state index contributed by atoms with van der Waals surface area (Å²) >= 11 is 0. The van der Waals surface area contributed by atoms with Crippen molar-refractivity contribution in [1.82, 2.24) is 0 Å². The summed E-state index contributed by atoms with van der Waals surface area (Å²) in [6, 6.07) is 6.27. The van der Waals surface area contributed by atoms with E-state index < -0.39 is 45.8 Å². The van der Waals surface area contributed by atoms with Crippen LogP contribution in [0.15, 0.2) is 35.2 Å². The van der Waals surface area contributed by atoms with E-state index in [4.69, 9.17) is 9.84 Å². The van der Waals surface area contributed by atoms with Gasteiger partial charge >= 0.3 is 5.97 Å². The van der Waals surface area contributed by atoms with Gasteiger partial charge in [-0.05, 0) is 56.5 Å². The van der Waals surface area contributed by atoms with Crippen LogP contribution in [0, 0.1) is 5.82 Å². The Balaban J connectivity index is 2.03. The van der Waals surface area contributed by atoms with E-state index in [1.807, 2.05) is 6.92 Å². The van der Waals surface area contributed by atoms with Crippen molar-refractivity contribution >= 4 is 28.3 Å². The monoisotopic (exact) mass is 534 g/mol. The molecular weight excluding hydrogens is 503 g/mol. The number of ether oxygens (including phenoxy) is 1. The molecule has 37 heavy (non-hydrogen) atoms. The fraction of sp³-hybridized carbons (Fsp3) is 0.444. The number of phenolic OH excluding ortho intramolecular Hbond substituents is 1. The highest BCUT2D eigenvalue weighted by atomic mass is 32.2. The normalized spacial score (nSPS) is 20.3. The van der Waals surface area contributed by atoms with Crippen LogP contribution in [0.4, 0.5) is 4.39 Å². The lowest BCUT2D eigenvalue weighted by Gasteiger charge is -2.41. The zero-order chi connectivity index (χ0) is 27.3. The highest BCUT2D eigenvalue weighted by Gasteiger charge is 2.49. The van der Waals surface area contributed by atoms with Crippen molar-refractivity contribution in [2.75, 3.05) is 0 Å². The van der Waals surface area contributed by atoms with Crippen LogP contribution in [0.1, 0.15) is 85.1 Å². The molecule has 2 aromatic rings. The lowest BCUT2D eigenvalue weighted by molar-refractivity contribution is -0.136. The molecule has 0 aliphatic heterocycles. The Bertz CT molecular complexity index is 1230. The number of rotatable bonds is 11. The van der Waals surface area contributed by atoms with E-state index in [0.29, 0.717) is 31.2 Å². The van der Waals surface area contributed by atoms with Crippen molar-refractivity contribution in [2.45, 2.75) is 81.1 Å². The van der Waals surface area contributed by atoms with Gasteiger partial charge in [0.25, 0.3) is 0 Å². The largest absolute Gasteiger partial charge is 0.507 e. The number of aromatic hydroxyl groups is 1. The van der Waals surface area contributed by atoms with E-state index in [2.05, 4.69) is 0 Å². The zero-order valence-electron chi connectivity index (χ0n) is 20.8. The number of carboxylic acids is 1. The molecule has 0 spiro atoms. The molecule has 8 nitrogen and oxygen atoms in total. The number of benzene rings is 2. The fourth-order valence-electron chi connectivity index (χ4n) is 4.52. The molecule has 0 aromatic heterocycles. The van der Waals surface area contributed by atoms with Crippen LogP contribution >= 0.6 is 0 Å². The maximum atomic E-state index is 15.2. The second-order valence-corrected chi connectivity index (χ2v) is 10.8. The molecule has 200 valence electrons. The number of hydrogen-bond donors (Lipinski definition) is 3. The summed E-state index contributed by atoms with van der Waals surface area (Å²) in [5, 5.41) is 30.6. The SMILES string of the molecule is CCCc1c(O[C@@]2(S(=O)c3ccc(C(=O)CCC(=O)O)cc3F)CCCC[C@@H]2O)ccc(C(C)=O)c1O. The molecule has 1 saturated carbocycles. The van der Waals surface area contributed by atoms with Crippen molar-refractivity contribution in [1.29, 1.82) is 0 Å². The van der Waals surface area contributed by atoms with Gasteiger partial charge in [0.1, 0.15) is 34.2 Å². The quantitative estimate of drug-likeness (QED) is 0.357. The van der Waals surface area contributed by atoms with Crippen molar-refractivity contribution in [2.24, 2.45) is 0 Å². The molecule has 0 bridgehead atoms. The Hall–Kier alpha value is -3.11. The van der Waals surface area contributed by atoms with Gasteiger partial charge in [0.05, 0.1) is 16.9 Å². The second-order valence-electron chi connectivity index (χ2n) is 9.15. The van der Waals surface area contributed by atoms with Gasteiger partial charge in [-0.2, -0.15) is 0 Å². The van der Waals surface area contributed by atoms with Crippen molar-refractivity contribution in [3.8, 4) is 11.5 Å². The molecule has 3 rings (SSSR count). The molecule has 2 aromatic carbocycles. The third kappa shape index (κ3) is 6.07. The van der Waals surface area contributed by atoms with Gasteiger partial charge in [-0.3, -0.25) is 14.4 Å². The number of carbonyl (C=O) groups is 3. The van der Waals surface area contributed by atoms with Crippen LogP contribution in [0.3, 0.4) is 0 Å². The lowest BCUT2D eigenvalue weighted by atomic mass is 9.93. The summed E-state index contributed by atoms with van der Waals surface area (Å²) in [7, 11) is -2.24. The molecule has 1 aliphatic rings. The first-order valence-corrected chi connectivity index (χ1v) is 13.4. The summed E-state index contributed by atoms with van der Waals surface area (Å²) in [5.74, 6) is -3.08. The van der Waals surface area contributed by atoms with E-state index in [1.165, 1.54) is 31.2 Å². The molecule has 0 radical (unpaired) electrons. The predicted octanol–water partition coefficient (Wildman–Crippen LogP) is 4.55. The average Bonchev–Trinajstić information content (AvgIpc) is 2.85. The Morgan fingerprint density at radius 3 is 2.49 bits per heavy atom. The van der Waals surface area contributed by atoms with Gasteiger partial charge < -0.3 is 20.1 Å². The number of Topliss-reactive ketones (excluding diaryl/α,β-unsaturated/α-hetero) is 2. The Labute approximate surface area is 216 Å². The highest BCUT2D eigenvalue weighted by molar-refractivity contribution is 7.86. The standard InChI is InChI=1S/C27H31FO8S/c1-3-6-19-22(11-9-18(16(2)29)26(19)34)36-27(14-5-4-7-24(27)31)37(35)23-12-8-17(15-20(23)28)21(30)10-13-25(32)33/h8-9,11-12,15,24,31,34H,3-7,10,13-14H2,1-2H3,(H,32,33)/t24-,27+,37?/m0/s1. The zero-order valence-corrected chi connectivity index (χ0v) is 21.6. The Morgan fingerprint density at radius 2 is 1.89 bits per heavy atom. The number of carbonyl (C=O) groups excluding carboxylic acids is 2. The number of hydrogen-bond acceptors (Lipinski definition) is 7. The maximum absolute atomic E-state index is 15.2. The third-order valence-corrected chi connectivity index (χ3v) is 8.41. The van der Waals surface area contributed by atoms with Crippen molar-refractivity contribution < 1.29 is 43.0 Å². The van der Waals surface area contributed by atoms with Gasteiger partial charge in [-0.25, -0.2) is 8.60 Å². The van der Waals surface area contributed by atoms with E-state index >= 15 is 4.39 Å². The topological polar surface area (TPSA) is 138 Å². The highest BCUT2D eigenvalue weighted by Crippen LogP contribution is 2.42. The van der Waals surface area contributed by atoms with Crippen LogP contribution in [0.5, 0.6) is 11.5 Å². The molecule has 10 heteroatoms. The number of aliphatic carboxylic acids is 1. The van der Waals surface area contributed by atoms with Crippen molar-refractivity contribution in [3.05, 3.63) is 52.8 Å². The summed E-state index contributed by atoms with van der Waals surface area (Å²) in [6.07, 6.45) is 0.645. The van der Waals surface area contributed by atoms with Crippen LogP contribution in [-0.2, 0) is 22.0 Å². The molecule has 0 amide bonds. The van der Waals surface area contributed by atoms with Crippen LogP contribution < -0.4 is 4.74 Å².